The second-order valence-electron chi connectivity index (χ2n) is 4.67. The summed E-state index contributed by atoms with van der Waals surface area (Å²) >= 11 is 2.31. The molecule has 1 aromatic rings. The lowest BCUT2D eigenvalue weighted by molar-refractivity contribution is 0.0780. The zero-order valence-corrected chi connectivity index (χ0v) is 13.2. The first-order chi connectivity index (χ1) is 8.72. The standard InChI is InChI=1S/C13H20IN3O/c1-3-6-15-13-11(14)9(2)16-12(17-13)10-5-4-7-18-8-10/h10H,3-8H2,1-2H3,(H,15,16,17). The van der Waals surface area contributed by atoms with Gasteiger partial charge in [0.25, 0.3) is 0 Å². The number of aryl methyl sites for hydroxylation is 1. The second-order valence-corrected chi connectivity index (χ2v) is 5.75. The van der Waals surface area contributed by atoms with Crippen molar-refractivity contribution in [1.82, 2.24) is 9.97 Å². The molecule has 5 heteroatoms. The molecule has 1 aliphatic heterocycles. The summed E-state index contributed by atoms with van der Waals surface area (Å²) in [6.07, 6.45) is 3.34. The topological polar surface area (TPSA) is 47.0 Å². The fourth-order valence-electron chi connectivity index (χ4n) is 2.07. The molecule has 2 rings (SSSR count). The molecule has 0 spiro atoms. The van der Waals surface area contributed by atoms with Gasteiger partial charge in [0.15, 0.2) is 0 Å². The number of hydrogen-bond acceptors (Lipinski definition) is 4. The van der Waals surface area contributed by atoms with Gasteiger partial charge in [-0.25, -0.2) is 9.97 Å². The van der Waals surface area contributed by atoms with Crippen LogP contribution < -0.4 is 5.32 Å². The summed E-state index contributed by atoms with van der Waals surface area (Å²) in [6, 6.07) is 0. The lowest BCUT2D eigenvalue weighted by Crippen LogP contribution is -2.19. The summed E-state index contributed by atoms with van der Waals surface area (Å²) in [5.41, 5.74) is 1.06. The van der Waals surface area contributed by atoms with E-state index in [0.717, 1.165) is 59.9 Å². The van der Waals surface area contributed by atoms with Crippen molar-refractivity contribution in [2.75, 3.05) is 25.1 Å². The molecule has 0 bridgehead atoms. The molecule has 2 heterocycles. The Morgan fingerprint density at radius 3 is 2.94 bits per heavy atom. The normalized spacial score (nSPS) is 19.8. The molecule has 0 saturated carbocycles. The van der Waals surface area contributed by atoms with Crippen LogP contribution in [0.15, 0.2) is 0 Å². The van der Waals surface area contributed by atoms with Crippen molar-refractivity contribution in [2.24, 2.45) is 0 Å². The molecule has 1 fully saturated rings. The smallest absolute Gasteiger partial charge is 0.143 e. The van der Waals surface area contributed by atoms with Gasteiger partial charge < -0.3 is 10.1 Å². The van der Waals surface area contributed by atoms with Crippen LogP contribution in [-0.4, -0.2) is 29.7 Å². The Hall–Kier alpha value is -0.430. The van der Waals surface area contributed by atoms with E-state index >= 15 is 0 Å². The average Bonchev–Trinajstić information content (AvgIpc) is 2.41. The summed E-state index contributed by atoms with van der Waals surface area (Å²) in [5, 5.41) is 3.38. The van der Waals surface area contributed by atoms with Crippen LogP contribution in [-0.2, 0) is 4.74 Å². The van der Waals surface area contributed by atoms with Gasteiger partial charge in [0.05, 0.1) is 15.9 Å². The maximum atomic E-state index is 5.53. The molecule has 1 unspecified atom stereocenters. The SMILES string of the molecule is CCCNc1nc(C2CCCOC2)nc(C)c1I. The number of nitrogens with one attached hydrogen (secondary N) is 1. The molecular formula is C13H20IN3O. The summed E-state index contributed by atoms with van der Waals surface area (Å²) in [7, 11) is 0. The van der Waals surface area contributed by atoms with Gasteiger partial charge in [-0.05, 0) is 48.8 Å². The summed E-state index contributed by atoms with van der Waals surface area (Å²) in [6.45, 7) is 6.79. The van der Waals surface area contributed by atoms with E-state index < -0.39 is 0 Å². The van der Waals surface area contributed by atoms with Crippen LogP contribution in [0.5, 0.6) is 0 Å². The highest BCUT2D eigenvalue weighted by atomic mass is 127. The Balaban J connectivity index is 2.22. The minimum absolute atomic E-state index is 0.358. The fraction of sp³-hybridized carbons (Fsp3) is 0.692. The highest BCUT2D eigenvalue weighted by Crippen LogP contribution is 2.26. The maximum absolute atomic E-state index is 5.53. The Bertz CT molecular complexity index is 405. The number of rotatable bonds is 4. The van der Waals surface area contributed by atoms with Gasteiger partial charge in [-0.1, -0.05) is 6.92 Å². The quantitative estimate of drug-likeness (QED) is 0.838. The Kier molecular flexibility index (Phi) is 5.17. The molecule has 1 atom stereocenters. The van der Waals surface area contributed by atoms with E-state index in [-0.39, 0.29) is 0 Å². The van der Waals surface area contributed by atoms with Crippen LogP contribution in [0.1, 0.15) is 43.6 Å². The minimum Gasteiger partial charge on any atom is -0.381 e. The predicted octanol–water partition coefficient (Wildman–Crippen LogP) is 3.11. The van der Waals surface area contributed by atoms with Crippen molar-refractivity contribution >= 4 is 28.4 Å². The summed E-state index contributed by atoms with van der Waals surface area (Å²) in [4.78, 5) is 9.31. The number of aromatic nitrogens is 2. The number of ether oxygens (including phenoxy) is 1. The van der Waals surface area contributed by atoms with Gasteiger partial charge in [0.1, 0.15) is 11.6 Å². The Labute approximate surface area is 122 Å². The van der Waals surface area contributed by atoms with Crippen molar-refractivity contribution in [3.05, 3.63) is 15.1 Å². The van der Waals surface area contributed by atoms with Crippen LogP contribution in [0, 0.1) is 10.5 Å². The van der Waals surface area contributed by atoms with E-state index in [1.165, 1.54) is 0 Å². The molecule has 1 aromatic heterocycles. The van der Waals surface area contributed by atoms with Crippen LogP contribution in [0.25, 0.3) is 0 Å². The molecule has 0 aliphatic carbocycles. The first-order valence-electron chi connectivity index (χ1n) is 6.58. The third-order valence-corrected chi connectivity index (χ3v) is 4.39. The predicted molar refractivity (Wildman–Crippen MR) is 81.1 cm³/mol. The minimum atomic E-state index is 0.358. The lowest BCUT2D eigenvalue weighted by Gasteiger charge is -2.22. The van der Waals surface area contributed by atoms with Crippen molar-refractivity contribution in [3.8, 4) is 0 Å². The molecule has 1 N–H and O–H groups in total. The lowest BCUT2D eigenvalue weighted by atomic mass is 10.0. The first kappa shape index (κ1) is 14.0. The molecule has 0 aromatic carbocycles. The van der Waals surface area contributed by atoms with E-state index in [1.54, 1.807) is 0 Å². The Morgan fingerprint density at radius 2 is 2.28 bits per heavy atom. The van der Waals surface area contributed by atoms with E-state index in [4.69, 9.17) is 4.74 Å². The number of nitrogens with zero attached hydrogens (tertiary/aromatic N) is 2. The van der Waals surface area contributed by atoms with Gasteiger partial charge in [-0.3, -0.25) is 0 Å². The maximum Gasteiger partial charge on any atom is 0.143 e. The molecule has 1 saturated heterocycles. The van der Waals surface area contributed by atoms with Crippen LogP contribution >= 0.6 is 22.6 Å². The van der Waals surface area contributed by atoms with E-state index in [2.05, 4.69) is 44.8 Å². The molecule has 18 heavy (non-hydrogen) atoms. The molecule has 0 radical (unpaired) electrons. The Morgan fingerprint density at radius 1 is 1.44 bits per heavy atom. The zero-order chi connectivity index (χ0) is 13.0. The van der Waals surface area contributed by atoms with E-state index in [0.29, 0.717) is 5.92 Å². The largest absolute Gasteiger partial charge is 0.381 e. The molecule has 4 nitrogen and oxygen atoms in total. The third-order valence-electron chi connectivity index (χ3n) is 3.10. The van der Waals surface area contributed by atoms with Crippen LogP contribution in [0.3, 0.4) is 0 Å². The van der Waals surface area contributed by atoms with Gasteiger partial charge in [0, 0.05) is 19.1 Å². The van der Waals surface area contributed by atoms with Crippen LogP contribution in [0.2, 0.25) is 0 Å². The fourth-order valence-corrected chi connectivity index (χ4v) is 2.50. The van der Waals surface area contributed by atoms with E-state index in [9.17, 15) is 0 Å². The first-order valence-corrected chi connectivity index (χ1v) is 7.66. The third kappa shape index (κ3) is 3.32. The molecule has 100 valence electrons. The van der Waals surface area contributed by atoms with Gasteiger partial charge in [-0.15, -0.1) is 0 Å². The summed E-state index contributed by atoms with van der Waals surface area (Å²) in [5.74, 6) is 2.27. The monoisotopic (exact) mass is 361 g/mol. The van der Waals surface area contributed by atoms with Crippen molar-refractivity contribution < 1.29 is 4.74 Å². The molecular weight excluding hydrogens is 341 g/mol. The number of halogens is 1. The van der Waals surface area contributed by atoms with Gasteiger partial charge in [0.2, 0.25) is 0 Å². The molecule has 1 aliphatic rings. The van der Waals surface area contributed by atoms with Gasteiger partial charge in [-0.2, -0.15) is 0 Å². The second kappa shape index (κ2) is 6.65. The van der Waals surface area contributed by atoms with Gasteiger partial charge >= 0.3 is 0 Å². The number of anilines is 1. The van der Waals surface area contributed by atoms with Crippen molar-refractivity contribution in [2.45, 2.75) is 39.0 Å². The van der Waals surface area contributed by atoms with Crippen molar-refractivity contribution in [1.29, 1.82) is 0 Å². The highest BCUT2D eigenvalue weighted by Gasteiger charge is 2.20. The average molecular weight is 361 g/mol. The molecule has 0 amide bonds. The summed E-state index contributed by atoms with van der Waals surface area (Å²) < 4.78 is 6.65. The van der Waals surface area contributed by atoms with E-state index in [1.807, 2.05) is 6.92 Å². The van der Waals surface area contributed by atoms with Crippen LogP contribution in [0.4, 0.5) is 5.82 Å². The van der Waals surface area contributed by atoms with Crippen molar-refractivity contribution in [3.63, 3.8) is 0 Å². The number of hydrogen-bond donors (Lipinski definition) is 1. The highest BCUT2D eigenvalue weighted by molar-refractivity contribution is 14.1. The zero-order valence-electron chi connectivity index (χ0n) is 11.0.